The Hall–Kier alpha value is -1.88. The number of nitrogens with zero attached hydrogens (tertiary/aromatic N) is 2. The molecule has 0 bridgehead atoms. The highest BCUT2D eigenvalue weighted by Crippen LogP contribution is 2.85. The molecule has 2 atom stereocenters. The number of hydrogen-bond donors (Lipinski definition) is 1. The first-order valence-electron chi connectivity index (χ1n) is 5.31. The van der Waals surface area contributed by atoms with Crippen molar-refractivity contribution >= 4 is 11.8 Å². The van der Waals surface area contributed by atoms with Gasteiger partial charge in [0.2, 0.25) is 11.8 Å². The summed E-state index contributed by atoms with van der Waals surface area (Å²) in [6, 6.07) is 3.93. The van der Waals surface area contributed by atoms with Crippen LogP contribution < -0.4 is 5.32 Å². The van der Waals surface area contributed by atoms with Gasteiger partial charge in [-0.1, -0.05) is 12.8 Å². The number of imide groups is 1. The van der Waals surface area contributed by atoms with Crippen LogP contribution in [0.25, 0.3) is 0 Å². The normalized spacial score (nSPS) is 42.4. The summed E-state index contributed by atoms with van der Waals surface area (Å²) < 4.78 is 0. The molecule has 0 aromatic carbocycles. The number of nitriles is 2. The van der Waals surface area contributed by atoms with Crippen LogP contribution in [-0.2, 0) is 9.59 Å². The van der Waals surface area contributed by atoms with Crippen LogP contribution in [0.1, 0.15) is 25.7 Å². The Kier molecular flexibility index (Phi) is 1.33. The van der Waals surface area contributed by atoms with E-state index in [-0.39, 0.29) is 0 Å². The van der Waals surface area contributed by atoms with Gasteiger partial charge in [-0.2, -0.15) is 10.5 Å². The van der Waals surface area contributed by atoms with Crippen LogP contribution in [0.5, 0.6) is 0 Å². The first-order chi connectivity index (χ1) is 7.63. The number of hydrogen-bond acceptors (Lipinski definition) is 4. The van der Waals surface area contributed by atoms with Crippen molar-refractivity contribution in [3.63, 3.8) is 0 Å². The molecule has 2 unspecified atom stereocenters. The van der Waals surface area contributed by atoms with Crippen LogP contribution in [0.4, 0.5) is 0 Å². The number of rotatable bonds is 0. The van der Waals surface area contributed by atoms with E-state index >= 15 is 0 Å². The predicted octanol–water partition coefficient (Wildman–Crippen LogP) is 0.237. The van der Waals surface area contributed by atoms with E-state index in [4.69, 9.17) is 0 Å². The molecular weight excluding hydrogens is 206 g/mol. The highest BCUT2D eigenvalue weighted by molar-refractivity contribution is 6.19. The summed E-state index contributed by atoms with van der Waals surface area (Å²) in [6.07, 6.45) is 3.03. The molecule has 2 aliphatic carbocycles. The molecular formula is C11H9N3O2. The van der Waals surface area contributed by atoms with Crippen LogP contribution in [0.3, 0.4) is 0 Å². The fraction of sp³-hybridized carbons (Fsp3) is 0.636. The lowest BCUT2D eigenvalue weighted by Gasteiger charge is -2.15. The Morgan fingerprint density at radius 3 is 1.81 bits per heavy atom. The van der Waals surface area contributed by atoms with Crippen molar-refractivity contribution in [1.29, 1.82) is 10.5 Å². The second-order valence-electron chi connectivity index (χ2n) is 4.80. The summed E-state index contributed by atoms with van der Waals surface area (Å²) in [5, 5.41) is 20.7. The van der Waals surface area contributed by atoms with E-state index in [1.54, 1.807) is 0 Å². The minimum absolute atomic E-state index is 0.566. The molecule has 3 fully saturated rings. The summed E-state index contributed by atoms with van der Waals surface area (Å²) in [6.45, 7) is 0. The maximum Gasteiger partial charge on any atom is 0.249 e. The molecule has 1 heterocycles. The molecule has 1 spiro atoms. The van der Waals surface area contributed by atoms with Gasteiger partial charge in [-0.05, 0) is 12.8 Å². The van der Waals surface area contributed by atoms with Crippen molar-refractivity contribution in [2.45, 2.75) is 25.7 Å². The third-order valence-corrected chi connectivity index (χ3v) is 4.64. The highest BCUT2D eigenvalue weighted by Gasteiger charge is 2.98. The summed E-state index contributed by atoms with van der Waals surface area (Å²) in [4.78, 5) is 23.6. The fourth-order valence-electron chi connectivity index (χ4n) is 3.97. The van der Waals surface area contributed by atoms with E-state index in [2.05, 4.69) is 5.32 Å². The molecule has 5 heteroatoms. The van der Waals surface area contributed by atoms with Crippen molar-refractivity contribution in [2.24, 2.45) is 16.2 Å². The lowest BCUT2D eigenvalue weighted by Crippen LogP contribution is -2.36. The average molecular weight is 215 g/mol. The van der Waals surface area contributed by atoms with E-state index in [0.717, 1.165) is 12.8 Å². The average Bonchev–Trinajstić information content (AvgIpc) is 2.56. The van der Waals surface area contributed by atoms with Crippen molar-refractivity contribution < 1.29 is 9.59 Å². The lowest BCUT2D eigenvalue weighted by molar-refractivity contribution is -0.130. The number of nitrogens with one attached hydrogen (secondary N) is 1. The number of fused-ring (bicyclic) bond motifs is 3. The first-order valence-corrected chi connectivity index (χ1v) is 5.31. The maximum atomic E-state index is 11.8. The van der Waals surface area contributed by atoms with Crippen LogP contribution in [0, 0.1) is 38.9 Å². The second kappa shape index (κ2) is 2.27. The Morgan fingerprint density at radius 2 is 1.44 bits per heavy atom. The zero-order chi connectivity index (χ0) is 11.6. The molecule has 0 aromatic rings. The molecule has 3 rings (SSSR count). The Labute approximate surface area is 92.0 Å². The number of amides is 2. The van der Waals surface area contributed by atoms with E-state index < -0.39 is 28.1 Å². The molecule has 2 saturated carbocycles. The van der Waals surface area contributed by atoms with Gasteiger partial charge in [-0.15, -0.1) is 0 Å². The van der Waals surface area contributed by atoms with E-state index in [9.17, 15) is 20.1 Å². The molecule has 1 aliphatic heterocycles. The number of carbonyl (C=O) groups excluding carboxylic acids is 2. The van der Waals surface area contributed by atoms with Crippen LogP contribution in [0.15, 0.2) is 0 Å². The van der Waals surface area contributed by atoms with Crippen molar-refractivity contribution in [1.82, 2.24) is 5.32 Å². The monoisotopic (exact) mass is 215 g/mol. The third-order valence-electron chi connectivity index (χ3n) is 4.64. The number of piperidine rings is 1. The number of carbonyl (C=O) groups is 2. The summed E-state index contributed by atoms with van der Waals surface area (Å²) >= 11 is 0. The quantitative estimate of drug-likeness (QED) is 0.585. The van der Waals surface area contributed by atoms with Crippen LogP contribution in [-0.4, -0.2) is 11.8 Å². The minimum atomic E-state index is -1.40. The Balaban J connectivity index is 2.27. The highest BCUT2D eigenvalue weighted by atomic mass is 16.2. The largest absolute Gasteiger partial charge is 0.293 e. The smallest absolute Gasteiger partial charge is 0.249 e. The fourth-order valence-corrected chi connectivity index (χ4v) is 3.97. The molecule has 0 radical (unpaired) electrons. The molecule has 3 aliphatic rings. The summed E-state index contributed by atoms with van der Waals surface area (Å²) in [7, 11) is 0. The van der Waals surface area contributed by atoms with Gasteiger partial charge in [0.1, 0.15) is 0 Å². The van der Waals surface area contributed by atoms with Crippen LogP contribution >= 0.6 is 0 Å². The SMILES string of the molecule is N#CC12C(=O)NC(=O)C1(C#N)C21CCCC1. The van der Waals surface area contributed by atoms with Gasteiger partial charge >= 0.3 is 0 Å². The summed E-state index contributed by atoms with van der Waals surface area (Å²) in [5.74, 6) is -1.13. The zero-order valence-electron chi connectivity index (χ0n) is 8.54. The standard InChI is InChI=1S/C11H9N3O2/c12-5-10-7(15)14-8(16)11(10,6-13)9(10)3-1-2-4-9/h1-4H2,(H,14,15,16). The van der Waals surface area contributed by atoms with Gasteiger partial charge in [-0.25, -0.2) is 0 Å². The van der Waals surface area contributed by atoms with E-state index in [0.29, 0.717) is 12.8 Å². The van der Waals surface area contributed by atoms with E-state index in [1.807, 2.05) is 12.1 Å². The molecule has 2 amide bonds. The predicted molar refractivity (Wildman–Crippen MR) is 50.1 cm³/mol. The van der Waals surface area contributed by atoms with Gasteiger partial charge < -0.3 is 0 Å². The molecule has 1 saturated heterocycles. The van der Waals surface area contributed by atoms with Gasteiger partial charge in [-0.3, -0.25) is 14.9 Å². The van der Waals surface area contributed by atoms with Crippen molar-refractivity contribution in [3.05, 3.63) is 0 Å². The van der Waals surface area contributed by atoms with Gasteiger partial charge in [0.15, 0.2) is 10.8 Å². The maximum absolute atomic E-state index is 11.8. The summed E-state index contributed by atoms with van der Waals surface area (Å²) in [5.41, 5.74) is -3.49. The van der Waals surface area contributed by atoms with E-state index in [1.165, 1.54) is 0 Å². The lowest BCUT2D eigenvalue weighted by atomic mass is 9.89. The van der Waals surface area contributed by atoms with Crippen LogP contribution in [0.2, 0.25) is 0 Å². The first kappa shape index (κ1) is 9.35. The second-order valence-corrected chi connectivity index (χ2v) is 4.80. The van der Waals surface area contributed by atoms with Gasteiger partial charge in [0, 0.05) is 5.41 Å². The van der Waals surface area contributed by atoms with Crippen molar-refractivity contribution in [2.75, 3.05) is 0 Å². The molecule has 1 N–H and O–H groups in total. The molecule has 80 valence electrons. The Bertz CT molecular complexity index is 466. The van der Waals surface area contributed by atoms with Gasteiger partial charge in [0.25, 0.3) is 0 Å². The zero-order valence-corrected chi connectivity index (χ0v) is 8.54. The molecule has 0 aromatic heterocycles. The Morgan fingerprint density at radius 1 is 1.00 bits per heavy atom. The van der Waals surface area contributed by atoms with Gasteiger partial charge in [0.05, 0.1) is 12.1 Å². The minimum Gasteiger partial charge on any atom is -0.293 e. The van der Waals surface area contributed by atoms with Crippen molar-refractivity contribution in [3.8, 4) is 12.1 Å². The topological polar surface area (TPSA) is 93.8 Å². The molecule has 5 nitrogen and oxygen atoms in total. The molecule has 16 heavy (non-hydrogen) atoms. The third kappa shape index (κ3) is 0.512.